The van der Waals surface area contributed by atoms with Crippen molar-refractivity contribution >= 4 is 29.0 Å². The van der Waals surface area contributed by atoms with E-state index in [1.807, 2.05) is 50.2 Å². The first-order valence-electron chi connectivity index (χ1n) is 9.60. The molecule has 0 saturated heterocycles. The number of Topliss-reactive ketones (excluding diaryl/α,β-unsaturated/α-hetero) is 2. The number of anilines is 1. The van der Waals surface area contributed by atoms with Crippen LogP contribution >= 0.6 is 11.8 Å². The van der Waals surface area contributed by atoms with Crippen LogP contribution in [-0.2, 0) is 0 Å². The van der Waals surface area contributed by atoms with Crippen LogP contribution in [0.3, 0.4) is 0 Å². The zero-order chi connectivity index (χ0) is 20.4. The van der Waals surface area contributed by atoms with Gasteiger partial charge in [-0.2, -0.15) is 0 Å². The lowest BCUT2D eigenvalue weighted by molar-refractivity contribution is 0.0961. The Bertz CT molecular complexity index is 1050. The molecule has 0 bridgehead atoms. The van der Waals surface area contributed by atoms with E-state index in [9.17, 15) is 9.59 Å². The SMILES string of the molecule is CCN1C(=C(C(=O)c2ccccc2)C(=O)c2ccccc2)Sc2ccc(C)cc21. The highest BCUT2D eigenvalue weighted by atomic mass is 32.2. The fraction of sp³-hybridized carbons (Fsp3) is 0.120. The van der Waals surface area contributed by atoms with E-state index in [4.69, 9.17) is 0 Å². The van der Waals surface area contributed by atoms with Crippen LogP contribution in [0, 0.1) is 6.92 Å². The van der Waals surface area contributed by atoms with E-state index in [1.54, 1.807) is 24.3 Å². The quantitative estimate of drug-likeness (QED) is 0.231. The van der Waals surface area contributed by atoms with Crippen molar-refractivity contribution in [2.24, 2.45) is 0 Å². The lowest BCUT2D eigenvalue weighted by Gasteiger charge is -2.21. The first kappa shape index (κ1) is 19.2. The van der Waals surface area contributed by atoms with Gasteiger partial charge in [-0.15, -0.1) is 0 Å². The Morgan fingerprint density at radius 2 is 1.38 bits per heavy atom. The fourth-order valence-corrected chi connectivity index (χ4v) is 4.70. The molecular weight excluding hydrogens is 378 g/mol. The van der Waals surface area contributed by atoms with Gasteiger partial charge in [0.15, 0.2) is 11.6 Å². The third-order valence-corrected chi connectivity index (χ3v) is 6.10. The van der Waals surface area contributed by atoms with Crippen molar-refractivity contribution in [2.45, 2.75) is 18.7 Å². The van der Waals surface area contributed by atoms with Crippen LogP contribution in [0.15, 0.2) is 94.4 Å². The molecule has 29 heavy (non-hydrogen) atoms. The van der Waals surface area contributed by atoms with Crippen LogP contribution in [-0.4, -0.2) is 18.1 Å². The largest absolute Gasteiger partial charge is 0.335 e. The topological polar surface area (TPSA) is 37.4 Å². The van der Waals surface area contributed by atoms with Crippen molar-refractivity contribution < 1.29 is 9.59 Å². The molecule has 0 fully saturated rings. The number of carbonyl (C=O) groups is 2. The number of hydrogen-bond donors (Lipinski definition) is 0. The third kappa shape index (κ3) is 3.64. The summed E-state index contributed by atoms with van der Waals surface area (Å²) in [5, 5.41) is 0.704. The van der Waals surface area contributed by atoms with Gasteiger partial charge in [0.2, 0.25) is 0 Å². The van der Waals surface area contributed by atoms with E-state index in [0.717, 1.165) is 16.1 Å². The molecule has 4 heteroatoms. The maximum absolute atomic E-state index is 13.5. The van der Waals surface area contributed by atoms with Gasteiger partial charge < -0.3 is 4.90 Å². The summed E-state index contributed by atoms with van der Waals surface area (Å²) in [6, 6.07) is 24.3. The van der Waals surface area contributed by atoms with Crippen LogP contribution in [0.4, 0.5) is 5.69 Å². The molecule has 0 spiro atoms. The minimum absolute atomic E-state index is 0.225. The number of allylic oxidation sites excluding steroid dienone is 1. The number of aryl methyl sites for hydroxylation is 1. The van der Waals surface area contributed by atoms with E-state index >= 15 is 0 Å². The van der Waals surface area contributed by atoms with Gasteiger partial charge in [0.05, 0.1) is 10.7 Å². The number of nitrogens with zero attached hydrogens (tertiary/aromatic N) is 1. The molecule has 3 nitrogen and oxygen atoms in total. The average Bonchev–Trinajstić information content (AvgIpc) is 3.12. The second-order valence-electron chi connectivity index (χ2n) is 6.89. The smallest absolute Gasteiger partial charge is 0.199 e. The van der Waals surface area contributed by atoms with E-state index in [0.29, 0.717) is 22.7 Å². The molecule has 0 radical (unpaired) electrons. The highest BCUT2D eigenvalue weighted by Crippen LogP contribution is 2.48. The molecule has 0 atom stereocenters. The highest BCUT2D eigenvalue weighted by Gasteiger charge is 2.33. The van der Waals surface area contributed by atoms with Crippen LogP contribution in [0.25, 0.3) is 0 Å². The van der Waals surface area contributed by atoms with Gasteiger partial charge in [-0.3, -0.25) is 9.59 Å². The summed E-state index contributed by atoms with van der Waals surface area (Å²) < 4.78 is 0. The van der Waals surface area contributed by atoms with Gasteiger partial charge in [0, 0.05) is 22.6 Å². The highest BCUT2D eigenvalue weighted by molar-refractivity contribution is 8.03. The Hall–Kier alpha value is -3.11. The molecule has 0 amide bonds. The van der Waals surface area contributed by atoms with Gasteiger partial charge in [0.1, 0.15) is 5.57 Å². The van der Waals surface area contributed by atoms with Gasteiger partial charge in [-0.05, 0) is 31.5 Å². The van der Waals surface area contributed by atoms with Crippen LogP contribution in [0.1, 0.15) is 33.2 Å². The summed E-state index contributed by atoms with van der Waals surface area (Å²) in [4.78, 5) is 30.2. The van der Waals surface area contributed by atoms with Crippen molar-refractivity contribution in [1.82, 2.24) is 0 Å². The fourth-order valence-electron chi connectivity index (χ4n) is 3.46. The number of benzene rings is 3. The Morgan fingerprint density at radius 3 is 1.90 bits per heavy atom. The van der Waals surface area contributed by atoms with E-state index in [1.165, 1.54) is 11.8 Å². The first-order valence-corrected chi connectivity index (χ1v) is 10.4. The Balaban J connectivity index is 1.90. The molecule has 1 aliphatic rings. The van der Waals surface area contributed by atoms with Crippen LogP contribution in [0.5, 0.6) is 0 Å². The molecule has 1 aliphatic heterocycles. The zero-order valence-electron chi connectivity index (χ0n) is 16.4. The third-order valence-electron chi connectivity index (χ3n) is 4.91. The zero-order valence-corrected chi connectivity index (χ0v) is 17.2. The van der Waals surface area contributed by atoms with Crippen molar-refractivity contribution in [3.8, 4) is 0 Å². The average molecular weight is 400 g/mol. The maximum atomic E-state index is 13.5. The maximum Gasteiger partial charge on any atom is 0.199 e. The van der Waals surface area contributed by atoms with Gasteiger partial charge in [0.25, 0.3) is 0 Å². The monoisotopic (exact) mass is 399 g/mol. The molecule has 0 unspecified atom stereocenters. The van der Waals surface area contributed by atoms with Gasteiger partial charge in [-0.1, -0.05) is 78.5 Å². The molecule has 4 rings (SSSR count). The summed E-state index contributed by atoms with van der Waals surface area (Å²) >= 11 is 1.50. The summed E-state index contributed by atoms with van der Waals surface area (Å²) in [6.45, 7) is 4.76. The predicted octanol–water partition coefficient (Wildman–Crippen LogP) is 5.90. The number of ketones is 2. The second kappa shape index (κ2) is 8.10. The van der Waals surface area contributed by atoms with E-state index < -0.39 is 0 Å². The number of carbonyl (C=O) groups excluding carboxylic acids is 2. The minimum Gasteiger partial charge on any atom is -0.335 e. The van der Waals surface area contributed by atoms with E-state index in [-0.39, 0.29) is 17.1 Å². The molecule has 0 N–H and O–H groups in total. The molecule has 0 aromatic heterocycles. The Labute approximate surface area is 175 Å². The number of fused-ring (bicyclic) bond motifs is 1. The Morgan fingerprint density at radius 1 is 0.828 bits per heavy atom. The molecular formula is C25H21NO2S. The predicted molar refractivity (Wildman–Crippen MR) is 119 cm³/mol. The number of rotatable bonds is 5. The molecule has 144 valence electrons. The van der Waals surface area contributed by atoms with Gasteiger partial charge >= 0.3 is 0 Å². The van der Waals surface area contributed by atoms with E-state index in [2.05, 4.69) is 23.1 Å². The van der Waals surface area contributed by atoms with Crippen molar-refractivity contribution in [3.63, 3.8) is 0 Å². The first-order chi connectivity index (χ1) is 14.1. The van der Waals surface area contributed by atoms with Crippen molar-refractivity contribution in [3.05, 3.63) is 106 Å². The second-order valence-corrected chi connectivity index (χ2v) is 7.92. The van der Waals surface area contributed by atoms with Crippen molar-refractivity contribution in [2.75, 3.05) is 11.4 Å². The Kier molecular flexibility index (Phi) is 5.36. The number of thioether (sulfide) groups is 1. The molecule has 3 aromatic rings. The molecule has 3 aromatic carbocycles. The number of hydrogen-bond acceptors (Lipinski definition) is 4. The summed E-state index contributed by atoms with van der Waals surface area (Å²) in [5.41, 5.74) is 3.45. The lowest BCUT2D eigenvalue weighted by Crippen LogP contribution is -2.24. The van der Waals surface area contributed by atoms with Crippen LogP contribution < -0.4 is 4.90 Å². The molecule has 0 aliphatic carbocycles. The minimum atomic E-state index is -0.245. The summed E-state index contributed by atoms with van der Waals surface area (Å²) in [5.74, 6) is -0.491. The summed E-state index contributed by atoms with van der Waals surface area (Å²) in [7, 11) is 0. The molecule has 0 saturated carbocycles. The molecule has 1 heterocycles. The lowest BCUT2D eigenvalue weighted by atomic mass is 9.96. The normalized spacial score (nSPS) is 12.6. The standard InChI is InChI=1S/C25H21NO2S/c1-3-26-20-16-17(2)14-15-21(20)29-25(26)22(23(27)18-10-6-4-7-11-18)24(28)19-12-8-5-9-13-19/h4-16H,3H2,1-2H3. The van der Waals surface area contributed by atoms with Crippen molar-refractivity contribution in [1.29, 1.82) is 0 Å². The van der Waals surface area contributed by atoms with Crippen LogP contribution in [0.2, 0.25) is 0 Å². The van der Waals surface area contributed by atoms with Gasteiger partial charge in [-0.25, -0.2) is 0 Å². The summed E-state index contributed by atoms with van der Waals surface area (Å²) in [6.07, 6.45) is 0.